The van der Waals surface area contributed by atoms with Crippen molar-refractivity contribution in [2.45, 2.75) is 19.8 Å². The minimum Gasteiger partial charge on any atom is -0.373 e. The first-order valence-electron chi connectivity index (χ1n) is 6.12. The van der Waals surface area contributed by atoms with E-state index >= 15 is 0 Å². The highest BCUT2D eigenvalue weighted by molar-refractivity contribution is 9.11. The molecule has 2 aromatic rings. The second-order valence-electron chi connectivity index (χ2n) is 4.49. The lowest BCUT2D eigenvalue weighted by Gasteiger charge is -2.10. The van der Waals surface area contributed by atoms with E-state index < -0.39 is 0 Å². The number of halogens is 1. The first-order valence-corrected chi connectivity index (χ1v) is 7.73. The maximum atomic E-state index is 12.3. The molecule has 0 spiro atoms. The van der Waals surface area contributed by atoms with Crippen molar-refractivity contribution in [2.24, 2.45) is 0 Å². The molecule has 0 saturated heterocycles. The minimum absolute atomic E-state index is 0.187. The number of aromatic nitrogens is 2. The molecule has 2 aromatic heterocycles. The van der Waals surface area contributed by atoms with Crippen LogP contribution in [0.3, 0.4) is 0 Å². The molecule has 2 N–H and O–H groups in total. The van der Waals surface area contributed by atoms with Crippen LogP contribution in [0.1, 0.15) is 35.8 Å². The van der Waals surface area contributed by atoms with Gasteiger partial charge >= 0.3 is 0 Å². The van der Waals surface area contributed by atoms with Crippen LogP contribution in [-0.4, -0.2) is 22.9 Å². The number of rotatable bonds is 4. The number of hydrogen-bond acceptors (Lipinski definition) is 5. The van der Waals surface area contributed by atoms with Crippen LogP contribution in [-0.2, 0) is 0 Å². The third-order valence-corrected chi connectivity index (χ3v) is 4.04. The van der Waals surface area contributed by atoms with E-state index in [1.807, 2.05) is 19.9 Å². The fourth-order valence-electron chi connectivity index (χ4n) is 1.59. The summed E-state index contributed by atoms with van der Waals surface area (Å²) in [5.74, 6) is 0.748. The molecule has 20 heavy (non-hydrogen) atoms. The number of anilines is 2. The maximum absolute atomic E-state index is 12.3. The second-order valence-corrected chi connectivity index (χ2v) is 6.90. The van der Waals surface area contributed by atoms with Gasteiger partial charge in [-0.15, -0.1) is 0 Å². The van der Waals surface area contributed by atoms with Crippen molar-refractivity contribution in [3.63, 3.8) is 0 Å². The number of pyridine rings is 1. The van der Waals surface area contributed by atoms with E-state index in [1.54, 1.807) is 19.3 Å². The molecule has 0 atom stereocenters. The third-order valence-electron chi connectivity index (χ3n) is 2.65. The van der Waals surface area contributed by atoms with Gasteiger partial charge in [-0.1, -0.05) is 25.2 Å². The van der Waals surface area contributed by atoms with Gasteiger partial charge < -0.3 is 5.32 Å². The molecule has 0 aliphatic rings. The van der Waals surface area contributed by atoms with E-state index in [0.717, 1.165) is 9.48 Å². The molecule has 0 aliphatic carbocycles. The SMILES string of the molecule is CNc1cc(C(=O)Nc2ncc(Br)s2)cc(C(C)C)n1. The van der Waals surface area contributed by atoms with E-state index in [-0.39, 0.29) is 11.8 Å². The lowest BCUT2D eigenvalue weighted by Crippen LogP contribution is -2.13. The van der Waals surface area contributed by atoms with Gasteiger partial charge in [0.05, 0.1) is 9.98 Å². The van der Waals surface area contributed by atoms with E-state index in [0.29, 0.717) is 16.5 Å². The smallest absolute Gasteiger partial charge is 0.257 e. The van der Waals surface area contributed by atoms with Crippen molar-refractivity contribution in [3.05, 3.63) is 33.4 Å². The fourth-order valence-corrected chi connectivity index (χ4v) is 2.69. The van der Waals surface area contributed by atoms with Gasteiger partial charge in [-0.25, -0.2) is 9.97 Å². The minimum atomic E-state index is -0.187. The molecule has 0 aromatic carbocycles. The Balaban J connectivity index is 2.26. The molecule has 0 fully saturated rings. The summed E-state index contributed by atoms with van der Waals surface area (Å²) < 4.78 is 0.876. The van der Waals surface area contributed by atoms with Gasteiger partial charge in [0.1, 0.15) is 5.82 Å². The van der Waals surface area contributed by atoms with Gasteiger partial charge in [0, 0.05) is 18.3 Å². The molecular weight excluding hydrogens is 340 g/mol. The zero-order valence-corrected chi connectivity index (χ0v) is 13.8. The molecule has 7 heteroatoms. The zero-order chi connectivity index (χ0) is 14.7. The molecule has 106 valence electrons. The lowest BCUT2D eigenvalue weighted by atomic mass is 10.1. The molecule has 2 rings (SSSR count). The Labute approximate surface area is 130 Å². The van der Waals surface area contributed by atoms with Crippen LogP contribution >= 0.6 is 27.3 Å². The average molecular weight is 355 g/mol. The summed E-state index contributed by atoms with van der Waals surface area (Å²) in [6.45, 7) is 4.09. The molecular formula is C13H15BrN4OS. The first-order chi connectivity index (χ1) is 9.49. The molecule has 0 bridgehead atoms. The Hall–Kier alpha value is -1.47. The summed E-state index contributed by atoms with van der Waals surface area (Å²) >= 11 is 4.69. The monoisotopic (exact) mass is 354 g/mol. The van der Waals surface area contributed by atoms with Crippen molar-refractivity contribution in [1.82, 2.24) is 9.97 Å². The normalized spacial score (nSPS) is 10.7. The van der Waals surface area contributed by atoms with Crippen molar-refractivity contribution in [1.29, 1.82) is 0 Å². The number of carbonyl (C=O) groups is 1. The second kappa shape index (κ2) is 6.32. The molecule has 0 radical (unpaired) electrons. The Morgan fingerprint density at radius 3 is 2.70 bits per heavy atom. The summed E-state index contributed by atoms with van der Waals surface area (Å²) in [7, 11) is 1.78. The number of nitrogens with zero attached hydrogens (tertiary/aromatic N) is 2. The Bertz CT molecular complexity index is 627. The first kappa shape index (κ1) is 14.9. The van der Waals surface area contributed by atoms with Gasteiger partial charge in [-0.05, 0) is 34.0 Å². The summed E-state index contributed by atoms with van der Waals surface area (Å²) in [5.41, 5.74) is 1.45. The van der Waals surface area contributed by atoms with Crippen molar-refractivity contribution < 1.29 is 4.79 Å². The van der Waals surface area contributed by atoms with E-state index in [9.17, 15) is 4.79 Å². The van der Waals surface area contributed by atoms with Gasteiger partial charge in [0.25, 0.3) is 5.91 Å². The Morgan fingerprint density at radius 2 is 2.15 bits per heavy atom. The number of amides is 1. The highest BCUT2D eigenvalue weighted by Crippen LogP contribution is 2.24. The predicted octanol–water partition coefficient (Wildman–Crippen LogP) is 3.72. The number of carbonyl (C=O) groups excluding carboxylic acids is 1. The Kier molecular flexibility index (Phi) is 4.72. The highest BCUT2D eigenvalue weighted by Gasteiger charge is 2.13. The molecule has 0 aliphatic heterocycles. The molecule has 0 saturated carbocycles. The zero-order valence-electron chi connectivity index (χ0n) is 11.4. The fraction of sp³-hybridized carbons (Fsp3) is 0.308. The van der Waals surface area contributed by atoms with E-state index in [1.165, 1.54) is 11.3 Å². The molecule has 0 unspecified atom stereocenters. The summed E-state index contributed by atoms with van der Waals surface area (Å²) in [6, 6.07) is 3.54. The van der Waals surface area contributed by atoms with E-state index in [2.05, 4.69) is 36.5 Å². The number of nitrogens with one attached hydrogen (secondary N) is 2. The van der Waals surface area contributed by atoms with Gasteiger partial charge in [0.15, 0.2) is 5.13 Å². The Morgan fingerprint density at radius 1 is 1.40 bits per heavy atom. The van der Waals surface area contributed by atoms with Crippen LogP contribution in [0.25, 0.3) is 0 Å². The standard InChI is InChI=1S/C13H15BrN4OS/c1-7(2)9-4-8(5-11(15-3)17-9)12(19)18-13-16-6-10(14)20-13/h4-7H,1-3H3,(H,15,17)(H,16,18,19). The van der Waals surface area contributed by atoms with Crippen molar-refractivity contribution in [3.8, 4) is 0 Å². The summed E-state index contributed by atoms with van der Waals surface area (Å²) in [4.78, 5) is 20.8. The van der Waals surface area contributed by atoms with E-state index in [4.69, 9.17) is 0 Å². The molecule has 1 amide bonds. The largest absolute Gasteiger partial charge is 0.373 e. The maximum Gasteiger partial charge on any atom is 0.257 e. The quantitative estimate of drug-likeness (QED) is 0.877. The van der Waals surface area contributed by atoms with Crippen LogP contribution in [0.4, 0.5) is 10.9 Å². The molecule has 5 nitrogen and oxygen atoms in total. The van der Waals surface area contributed by atoms with Gasteiger partial charge in [0.2, 0.25) is 0 Å². The third kappa shape index (κ3) is 3.55. The van der Waals surface area contributed by atoms with Crippen molar-refractivity contribution >= 4 is 44.1 Å². The molecule has 2 heterocycles. The highest BCUT2D eigenvalue weighted by atomic mass is 79.9. The summed E-state index contributed by atoms with van der Waals surface area (Å²) in [5, 5.41) is 6.32. The van der Waals surface area contributed by atoms with Crippen LogP contribution in [0, 0.1) is 0 Å². The van der Waals surface area contributed by atoms with Crippen LogP contribution in [0.2, 0.25) is 0 Å². The lowest BCUT2D eigenvalue weighted by molar-refractivity contribution is 0.102. The van der Waals surface area contributed by atoms with Crippen LogP contribution in [0.5, 0.6) is 0 Å². The average Bonchev–Trinajstić information content (AvgIpc) is 2.83. The van der Waals surface area contributed by atoms with Crippen LogP contribution < -0.4 is 10.6 Å². The predicted molar refractivity (Wildman–Crippen MR) is 85.6 cm³/mol. The topological polar surface area (TPSA) is 66.9 Å². The van der Waals surface area contributed by atoms with Gasteiger partial charge in [-0.3, -0.25) is 10.1 Å². The number of hydrogen-bond donors (Lipinski definition) is 2. The van der Waals surface area contributed by atoms with Crippen molar-refractivity contribution in [2.75, 3.05) is 17.7 Å². The van der Waals surface area contributed by atoms with Crippen LogP contribution in [0.15, 0.2) is 22.1 Å². The summed E-state index contributed by atoms with van der Waals surface area (Å²) in [6.07, 6.45) is 1.66. The van der Waals surface area contributed by atoms with Gasteiger partial charge in [-0.2, -0.15) is 0 Å². The number of thiazole rings is 1.